The van der Waals surface area contributed by atoms with Crippen LogP contribution in [0, 0.1) is 5.92 Å². The maximum absolute atomic E-state index is 10.6. The molecule has 2 N–H and O–H groups in total. The molecule has 1 saturated heterocycles. The van der Waals surface area contributed by atoms with Crippen molar-refractivity contribution in [2.24, 2.45) is 5.92 Å². The molecule has 106 valence electrons. The fraction of sp³-hybridized carbons (Fsp3) is 0.571. The molecule has 5 heteroatoms. The number of rotatable bonds is 4. The van der Waals surface area contributed by atoms with Gasteiger partial charge in [0, 0.05) is 28.6 Å². The van der Waals surface area contributed by atoms with Crippen molar-refractivity contribution in [3.63, 3.8) is 0 Å². The molecule has 0 amide bonds. The van der Waals surface area contributed by atoms with Crippen LogP contribution in [-0.2, 0) is 0 Å². The Morgan fingerprint density at radius 1 is 1.37 bits per heavy atom. The fourth-order valence-electron chi connectivity index (χ4n) is 2.53. The molecule has 1 heterocycles. The van der Waals surface area contributed by atoms with Gasteiger partial charge >= 0.3 is 0 Å². The van der Waals surface area contributed by atoms with Crippen molar-refractivity contribution in [2.75, 3.05) is 27.3 Å². The number of benzene rings is 1. The van der Waals surface area contributed by atoms with Crippen LogP contribution < -0.4 is 14.8 Å². The highest BCUT2D eigenvalue weighted by Gasteiger charge is 2.27. The van der Waals surface area contributed by atoms with E-state index in [1.807, 2.05) is 6.07 Å². The first-order chi connectivity index (χ1) is 9.17. The second kappa shape index (κ2) is 6.59. The zero-order chi connectivity index (χ0) is 13.8. The van der Waals surface area contributed by atoms with E-state index < -0.39 is 6.10 Å². The van der Waals surface area contributed by atoms with Gasteiger partial charge in [-0.3, -0.25) is 0 Å². The van der Waals surface area contributed by atoms with Crippen LogP contribution in [0.25, 0.3) is 0 Å². The Balaban J connectivity index is 2.31. The first-order valence-electron chi connectivity index (χ1n) is 6.47. The second-order valence-electron chi connectivity index (χ2n) is 4.78. The summed E-state index contributed by atoms with van der Waals surface area (Å²) in [5, 5.41) is 13.9. The first kappa shape index (κ1) is 14.6. The summed E-state index contributed by atoms with van der Waals surface area (Å²) in [6.45, 7) is 1.87. The van der Waals surface area contributed by atoms with Crippen LogP contribution in [0.1, 0.15) is 24.5 Å². The zero-order valence-electron chi connectivity index (χ0n) is 11.3. The van der Waals surface area contributed by atoms with Gasteiger partial charge in [-0.1, -0.05) is 15.9 Å². The highest BCUT2D eigenvalue weighted by Crippen LogP contribution is 2.40. The average molecular weight is 330 g/mol. The number of ether oxygens (including phenoxy) is 2. The summed E-state index contributed by atoms with van der Waals surface area (Å²) in [5.74, 6) is 1.58. The van der Waals surface area contributed by atoms with E-state index in [2.05, 4.69) is 21.2 Å². The Hall–Kier alpha value is -0.780. The third-order valence-corrected chi connectivity index (χ3v) is 4.25. The summed E-state index contributed by atoms with van der Waals surface area (Å²) in [4.78, 5) is 0. The Morgan fingerprint density at radius 3 is 2.74 bits per heavy atom. The molecule has 0 radical (unpaired) electrons. The molecule has 19 heavy (non-hydrogen) atoms. The van der Waals surface area contributed by atoms with Gasteiger partial charge in [-0.25, -0.2) is 0 Å². The molecule has 2 unspecified atom stereocenters. The molecule has 0 aliphatic carbocycles. The Morgan fingerprint density at radius 2 is 2.16 bits per heavy atom. The number of piperidine rings is 1. The number of hydrogen-bond donors (Lipinski definition) is 2. The van der Waals surface area contributed by atoms with Gasteiger partial charge in [-0.15, -0.1) is 0 Å². The van der Waals surface area contributed by atoms with Crippen LogP contribution in [0.15, 0.2) is 16.6 Å². The van der Waals surface area contributed by atoms with E-state index in [1.54, 1.807) is 20.3 Å². The second-order valence-corrected chi connectivity index (χ2v) is 5.63. The van der Waals surface area contributed by atoms with Crippen LogP contribution in [0.2, 0.25) is 0 Å². The quantitative estimate of drug-likeness (QED) is 0.891. The van der Waals surface area contributed by atoms with Gasteiger partial charge in [0.1, 0.15) is 11.5 Å². The lowest BCUT2D eigenvalue weighted by Crippen LogP contribution is -2.33. The molecule has 1 aliphatic heterocycles. The highest BCUT2D eigenvalue weighted by molar-refractivity contribution is 9.10. The Kier molecular flexibility index (Phi) is 5.07. The monoisotopic (exact) mass is 329 g/mol. The number of aliphatic hydroxyl groups is 1. The maximum Gasteiger partial charge on any atom is 0.129 e. The molecule has 0 saturated carbocycles. The summed E-state index contributed by atoms with van der Waals surface area (Å²) >= 11 is 3.51. The van der Waals surface area contributed by atoms with Crippen LogP contribution >= 0.6 is 15.9 Å². The minimum absolute atomic E-state index is 0.215. The summed E-state index contributed by atoms with van der Waals surface area (Å²) in [5.41, 5.74) is 0.803. The number of methoxy groups -OCH3 is 2. The van der Waals surface area contributed by atoms with Gasteiger partial charge < -0.3 is 19.9 Å². The lowest BCUT2D eigenvalue weighted by molar-refractivity contribution is 0.0889. The van der Waals surface area contributed by atoms with Gasteiger partial charge in [0.05, 0.1) is 20.3 Å². The van der Waals surface area contributed by atoms with Gasteiger partial charge in [-0.2, -0.15) is 0 Å². The van der Waals surface area contributed by atoms with Gasteiger partial charge in [0.15, 0.2) is 0 Å². The van der Waals surface area contributed by atoms with E-state index in [4.69, 9.17) is 9.47 Å². The summed E-state index contributed by atoms with van der Waals surface area (Å²) in [6, 6.07) is 3.66. The van der Waals surface area contributed by atoms with Crippen molar-refractivity contribution >= 4 is 15.9 Å². The fourth-order valence-corrected chi connectivity index (χ4v) is 3.18. The number of aliphatic hydroxyl groups excluding tert-OH is 1. The minimum atomic E-state index is -0.539. The van der Waals surface area contributed by atoms with Gasteiger partial charge in [0.2, 0.25) is 0 Å². The van der Waals surface area contributed by atoms with E-state index in [1.165, 1.54) is 0 Å². The Bertz CT molecular complexity index is 433. The first-order valence-corrected chi connectivity index (χ1v) is 7.27. The number of halogens is 1. The van der Waals surface area contributed by atoms with E-state index in [9.17, 15) is 5.11 Å². The molecule has 0 aromatic heterocycles. The largest absolute Gasteiger partial charge is 0.497 e. The van der Waals surface area contributed by atoms with Crippen molar-refractivity contribution in [3.8, 4) is 11.5 Å². The molecule has 1 fully saturated rings. The summed E-state index contributed by atoms with van der Waals surface area (Å²) < 4.78 is 11.4. The lowest BCUT2D eigenvalue weighted by atomic mass is 9.89. The molecule has 1 aromatic rings. The highest BCUT2D eigenvalue weighted by atomic mass is 79.9. The van der Waals surface area contributed by atoms with Crippen molar-refractivity contribution in [2.45, 2.75) is 18.9 Å². The normalized spacial score (nSPS) is 20.9. The smallest absolute Gasteiger partial charge is 0.129 e. The Labute approximate surface area is 122 Å². The van der Waals surface area contributed by atoms with E-state index in [0.717, 1.165) is 36.0 Å². The van der Waals surface area contributed by atoms with E-state index >= 15 is 0 Å². The van der Waals surface area contributed by atoms with E-state index in [-0.39, 0.29) is 5.92 Å². The molecule has 2 atom stereocenters. The summed E-state index contributed by atoms with van der Waals surface area (Å²) in [7, 11) is 3.22. The lowest BCUT2D eigenvalue weighted by Gasteiger charge is -2.29. The molecular formula is C14H20BrNO3. The third kappa shape index (κ3) is 3.22. The van der Waals surface area contributed by atoms with E-state index in [0.29, 0.717) is 11.5 Å². The number of nitrogens with one attached hydrogen (secondary N) is 1. The number of hydrogen-bond acceptors (Lipinski definition) is 4. The molecular weight excluding hydrogens is 310 g/mol. The maximum atomic E-state index is 10.6. The minimum Gasteiger partial charge on any atom is -0.497 e. The third-order valence-electron chi connectivity index (χ3n) is 3.60. The van der Waals surface area contributed by atoms with Crippen molar-refractivity contribution in [1.82, 2.24) is 5.32 Å². The molecule has 2 rings (SSSR count). The van der Waals surface area contributed by atoms with Crippen molar-refractivity contribution in [1.29, 1.82) is 0 Å². The van der Waals surface area contributed by atoms with Crippen LogP contribution in [0.3, 0.4) is 0 Å². The average Bonchev–Trinajstić information content (AvgIpc) is 2.46. The predicted octanol–water partition coefficient (Wildman–Crippen LogP) is 2.50. The summed E-state index contributed by atoms with van der Waals surface area (Å²) in [6.07, 6.45) is 1.58. The zero-order valence-corrected chi connectivity index (χ0v) is 12.9. The van der Waals surface area contributed by atoms with Gasteiger partial charge in [0.25, 0.3) is 0 Å². The van der Waals surface area contributed by atoms with Crippen molar-refractivity contribution < 1.29 is 14.6 Å². The predicted molar refractivity (Wildman–Crippen MR) is 77.8 cm³/mol. The molecule has 1 aliphatic rings. The molecule has 0 spiro atoms. The van der Waals surface area contributed by atoms with Crippen LogP contribution in [-0.4, -0.2) is 32.4 Å². The van der Waals surface area contributed by atoms with Gasteiger partial charge in [-0.05, 0) is 25.5 Å². The molecule has 0 bridgehead atoms. The SMILES string of the molecule is COc1cc(Br)c(C(O)C2CCCNC2)c(OC)c1. The molecule has 1 aromatic carbocycles. The van der Waals surface area contributed by atoms with Crippen molar-refractivity contribution in [3.05, 3.63) is 22.2 Å². The van der Waals surface area contributed by atoms with Crippen LogP contribution in [0.4, 0.5) is 0 Å². The molecule has 4 nitrogen and oxygen atoms in total. The standard InChI is InChI=1S/C14H20BrNO3/c1-18-10-6-11(15)13(12(7-10)19-2)14(17)9-4-3-5-16-8-9/h6-7,9,14,16-17H,3-5,8H2,1-2H3. The topological polar surface area (TPSA) is 50.7 Å². The van der Waals surface area contributed by atoms with Crippen LogP contribution in [0.5, 0.6) is 11.5 Å².